The number of nitrogens with zero attached hydrogens (tertiary/aromatic N) is 3. The number of carbonyl (C=O) groups is 1. The van der Waals surface area contributed by atoms with E-state index in [0.717, 1.165) is 24.4 Å². The van der Waals surface area contributed by atoms with Gasteiger partial charge in [0.25, 0.3) is 5.91 Å². The zero-order valence-electron chi connectivity index (χ0n) is 16.1. The Morgan fingerprint density at radius 3 is 2.76 bits per heavy atom. The molecule has 9 heteroatoms. The third kappa shape index (κ3) is 3.70. The number of hydrogen-bond donors (Lipinski definition) is 2. The van der Waals surface area contributed by atoms with Crippen LogP contribution in [-0.4, -0.2) is 53.1 Å². The number of amides is 1. The quantitative estimate of drug-likeness (QED) is 0.698. The topological polar surface area (TPSA) is 80.6 Å². The molecule has 1 amide bonds. The number of benzene rings is 1. The number of imidazole rings is 1. The van der Waals surface area contributed by atoms with E-state index >= 15 is 0 Å². The fourth-order valence-electron chi connectivity index (χ4n) is 3.53. The summed E-state index contributed by atoms with van der Waals surface area (Å²) in [4.78, 5) is 20.6. The SMILES string of the molecule is CNC(=O)c1cc(F)c(-c2nc3cc(C)ncn3c2CC2CNCCO2)c(F)c1. The van der Waals surface area contributed by atoms with Crippen molar-refractivity contribution < 1.29 is 18.3 Å². The molecule has 0 aliphatic carbocycles. The second-order valence-corrected chi connectivity index (χ2v) is 6.96. The van der Waals surface area contributed by atoms with E-state index < -0.39 is 17.5 Å². The zero-order valence-corrected chi connectivity index (χ0v) is 16.1. The van der Waals surface area contributed by atoms with Crippen molar-refractivity contribution in [2.45, 2.75) is 19.4 Å². The highest BCUT2D eigenvalue weighted by molar-refractivity contribution is 5.94. The van der Waals surface area contributed by atoms with Gasteiger partial charge in [-0.3, -0.25) is 9.20 Å². The first kappa shape index (κ1) is 19.4. The first-order valence-corrected chi connectivity index (χ1v) is 9.35. The minimum atomic E-state index is -0.847. The molecule has 1 aromatic carbocycles. The largest absolute Gasteiger partial charge is 0.375 e. The maximum absolute atomic E-state index is 14.9. The molecule has 0 saturated carbocycles. The lowest BCUT2D eigenvalue weighted by Gasteiger charge is -2.23. The molecule has 1 aliphatic rings. The number of carbonyl (C=O) groups excluding carboxylic acids is 1. The molecule has 1 atom stereocenters. The van der Waals surface area contributed by atoms with Gasteiger partial charge in [0.05, 0.1) is 29.7 Å². The Morgan fingerprint density at radius 1 is 1.34 bits per heavy atom. The minimum absolute atomic E-state index is 0.0890. The molecule has 1 fully saturated rings. The number of ether oxygens (including phenoxy) is 1. The molecule has 2 aromatic heterocycles. The van der Waals surface area contributed by atoms with Crippen LogP contribution in [0.3, 0.4) is 0 Å². The average molecular weight is 401 g/mol. The second kappa shape index (κ2) is 7.84. The molecule has 3 heterocycles. The summed E-state index contributed by atoms with van der Waals surface area (Å²) in [6.07, 6.45) is 1.85. The molecule has 1 saturated heterocycles. The number of halogens is 2. The van der Waals surface area contributed by atoms with Gasteiger partial charge in [0.2, 0.25) is 0 Å². The molecular formula is C20H21F2N5O2. The molecule has 1 aliphatic heterocycles. The number of fused-ring (bicyclic) bond motifs is 1. The predicted octanol–water partition coefficient (Wildman–Crippen LogP) is 1.87. The van der Waals surface area contributed by atoms with Crippen molar-refractivity contribution in [2.75, 3.05) is 26.7 Å². The van der Waals surface area contributed by atoms with Gasteiger partial charge in [-0.05, 0) is 19.1 Å². The Morgan fingerprint density at radius 2 is 2.10 bits per heavy atom. The van der Waals surface area contributed by atoms with Gasteiger partial charge in [0.15, 0.2) is 0 Å². The number of rotatable bonds is 4. The number of morpholine rings is 1. The molecule has 1 unspecified atom stereocenters. The maximum atomic E-state index is 14.9. The van der Waals surface area contributed by atoms with Crippen molar-refractivity contribution in [3.8, 4) is 11.3 Å². The normalized spacial score (nSPS) is 16.9. The minimum Gasteiger partial charge on any atom is -0.375 e. The van der Waals surface area contributed by atoms with Crippen LogP contribution in [0.15, 0.2) is 24.5 Å². The molecular weight excluding hydrogens is 380 g/mol. The van der Waals surface area contributed by atoms with Crippen LogP contribution in [0.2, 0.25) is 0 Å². The van der Waals surface area contributed by atoms with Gasteiger partial charge in [-0.1, -0.05) is 0 Å². The van der Waals surface area contributed by atoms with Crippen molar-refractivity contribution in [3.63, 3.8) is 0 Å². The van der Waals surface area contributed by atoms with E-state index in [-0.39, 0.29) is 22.9 Å². The summed E-state index contributed by atoms with van der Waals surface area (Å²) in [5, 5.41) is 5.61. The molecule has 3 aromatic rings. The van der Waals surface area contributed by atoms with Crippen LogP contribution >= 0.6 is 0 Å². The highest BCUT2D eigenvalue weighted by Gasteiger charge is 2.25. The second-order valence-electron chi connectivity index (χ2n) is 6.96. The van der Waals surface area contributed by atoms with Gasteiger partial charge in [-0.15, -0.1) is 0 Å². The van der Waals surface area contributed by atoms with Crippen LogP contribution < -0.4 is 10.6 Å². The molecule has 7 nitrogen and oxygen atoms in total. The standard InChI is InChI=1S/C20H21F2N5O2/c1-11-5-17-26-19(18-14(21)6-12(7-15(18)22)20(28)23-2)16(27(17)10-25-11)8-13-9-24-3-4-29-13/h5-7,10,13,24H,3-4,8-9H2,1-2H3,(H,23,28). The van der Waals surface area contributed by atoms with Crippen LogP contribution in [0.25, 0.3) is 16.9 Å². The van der Waals surface area contributed by atoms with Gasteiger partial charge in [0.1, 0.15) is 23.6 Å². The van der Waals surface area contributed by atoms with Crippen molar-refractivity contribution in [1.82, 2.24) is 25.0 Å². The first-order valence-electron chi connectivity index (χ1n) is 9.35. The molecule has 4 rings (SSSR count). The van der Waals surface area contributed by atoms with E-state index in [1.54, 1.807) is 16.8 Å². The van der Waals surface area contributed by atoms with Gasteiger partial charge in [-0.2, -0.15) is 0 Å². The lowest BCUT2D eigenvalue weighted by molar-refractivity contribution is 0.0286. The highest BCUT2D eigenvalue weighted by atomic mass is 19.1. The summed E-state index contributed by atoms with van der Waals surface area (Å²) < 4.78 is 37.4. The van der Waals surface area contributed by atoms with E-state index in [1.165, 1.54) is 7.05 Å². The lowest BCUT2D eigenvalue weighted by atomic mass is 10.0. The first-order chi connectivity index (χ1) is 14.0. The molecule has 152 valence electrons. The number of nitrogens with one attached hydrogen (secondary N) is 2. The lowest BCUT2D eigenvalue weighted by Crippen LogP contribution is -2.39. The Labute approximate surface area is 166 Å². The van der Waals surface area contributed by atoms with Crippen LogP contribution in [-0.2, 0) is 11.2 Å². The summed E-state index contributed by atoms with van der Waals surface area (Å²) in [7, 11) is 1.40. The maximum Gasteiger partial charge on any atom is 0.251 e. The van der Waals surface area contributed by atoms with Crippen molar-refractivity contribution in [3.05, 3.63) is 53.1 Å². The van der Waals surface area contributed by atoms with E-state index in [4.69, 9.17) is 4.74 Å². The van der Waals surface area contributed by atoms with E-state index in [0.29, 0.717) is 30.9 Å². The third-order valence-electron chi connectivity index (χ3n) is 4.95. The van der Waals surface area contributed by atoms with Crippen LogP contribution in [0.4, 0.5) is 8.78 Å². The smallest absolute Gasteiger partial charge is 0.251 e. The highest BCUT2D eigenvalue weighted by Crippen LogP contribution is 2.31. The van der Waals surface area contributed by atoms with Gasteiger partial charge in [-0.25, -0.2) is 18.7 Å². The summed E-state index contributed by atoms with van der Waals surface area (Å²) in [5.74, 6) is -2.26. The molecule has 29 heavy (non-hydrogen) atoms. The summed E-state index contributed by atoms with van der Waals surface area (Å²) in [5.41, 5.74) is 1.72. The molecule has 0 bridgehead atoms. The third-order valence-corrected chi connectivity index (χ3v) is 4.95. The fourth-order valence-corrected chi connectivity index (χ4v) is 3.53. The Hall–Kier alpha value is -2.91. The fraction of sp³-hybridized carbons (Fsp3) is 0.350. The van der Waals surface area contributed by atoms with Gasteiger partial charge < -0.3 is 15.4 Å². The van der Waals surface area contributed by atoms with Crippen LogP contribution in [0.5, 0.6) is 0 Å². The zero-order chi connectivity index (χ0) is 20.5. The number of aryl methyl sites for hydroxylation is 1. The average Bonchev–Trinajstić information content (AvgIpc) is 3.04. The number of hydrogen-bond acceptors (Lipinski definition) is 5. The molecule has 2 N–H and O–H groups in total. The van der Waals surface area contributed by atoms with Gasteiger partial charge in [0, 0.05) is 43.9 Å². The van der Waals surface area contributed by atoms with Crippen molar-refractivity contribution in [1.29, 1.82) is 0 Å². The monoisotopic (exact) mass is 401 g/mol. The van der Waals surface area contributed by atoms with E-state index in [1.807, 2.05) is 6.92 Å². The summed E-state index contributed by atoms with van der Waals surface area (Å²) >= 11 is 0. The van der Waals surface area contributed by atoms with Crippen LogP contribution in [0, 0.1) is 18.6 Å². The van der Waals surface area contributed by atoms with Gasteiger partial charge >= 0.3 is 0 Å². The Kier molecular flexibility index (Phi) is 5.25. The van der Waals surface area contributed by atoms with Crippen molar-refractivity contribution in [2.24, 2.45) is 0 Å². The molecule has 0 radical (unpaired) electrons. The van der Waals surface area contributed by atoms with Crippen molar-refractivity contribution >= 4 is 11.6 Å². The van der Waals surface area contributed by atoms with E-state index in [9.17, 15) is 13.6 Å². The summed E-state index contributed by atoms with van der Waals surface area (Å²) in [6.45, 7) is 3.78. The summed E-state index contributed by atoms with van der Waals surface area (Å²) in [6, 6.07) is 3.79. The van der Waals surface area contributed by atoms with E-state index in [2.05, 4.69) is 20.6 Å². The molecule has 0 spiro atoms. The Bertz CT molecular complexity index is 1050. The predicted molar refractivity (Wildman–Crippen MR) is 103 cm³/mol. The van der Waals surface area contributed by atoms with Crippen LogP contribution in [0.1, 0.15) is 21.7 Å². The number of aromatic nitrogens is 3. The Balaban J connectivity index is 1.86.